The highest BCUT2D eigenvalue weighted by Crippen LogP contribution is 2.15. The van der Waals surface area contributed by atoms with Gasteiger partial charge in [0.15, 0.2) is 0 Å². The summed E-state index contributed by atoms with van der Waals surface area (Å²) in [6, 6.07) is -0.0574. The van der Waals surface area contributed by atoms with Crippen LogP contribution in [-0.2, 0) is 9.59 Å². The molecule has 0 aromatic heterocycles. The van der Waals surface area contributed by atoms with Crippen LogP contribution in [0.15, 0.2) is 0 Å². The van der Waals surface area contributed by atoms with Gasteiger partial charge in [-0.3, -0.25) is 9.59 Å². The van der Waals surface area contributed by atoms with Crippen LogP contribution in [0.3, 0.4) is 0 Å². The Hall–Kier alpha value is -1.06. The number of carboxylic acids is 1. The van der Waals surface area contributed by atoms with Gasteiger partial charge in [0.1, 0.15) is 6.54 Å². The van der Waals surface area contributed by atoms with Gasteiger partial charge >= 0.3 is 5.97 Å². The van der Waals surface area contributed by atoms with E-state index in [4.69, 9.17) is 5.11 Å². The maximum Gasteiger partial charge on any atom is 0.323 e. The summed E-state index contributed by atoms with van der Waals surface area (Å²) >= 11 is 0. The zero-order chi connectivity index (χ0) is 12.7. The van der Waals surface area contributed by atoms with Crippen molar-refractivity contribution in [2.24, 2.45) is 5.92 Å². The van der Waals surface area contributed by atoms with Crippen molar-refractivity contribution in [1.29, 1.82) is 0 Å². The number of rotatable bonds is 7. The molecule has 0 radical (unpaired) electrons. The van der Waals surface area contributed by atoms with Gasteiger partial charge in [-0.15, -0.1) is 0 Å². The fourth-order valence-electron chi connectivity index (χ4n) is 1.65. The Kier molecular flexibility index (Phi) is 6.77. The van der Waals surface area contributed by atoms with Crippen molar-refractivity contribution >= 4 is 11.9 Å². The smallest absolute Gasteiger partial charge is 0.323 e. The van der Waals surface area contributed by atoms with Gasteiger partial charge in [0.2, 0.25) is 5.91 Å². The Labute approximate surface area is 97.6 Å². The molecule has 0 heterocycles. The highest BCUT2D eigenvalue weighted by Gasteiger charge is 2.21. The quantitative estimate of drug-likeness (QED) is 0.727. The summed E-state index contributed by atoms with van der Waals surface area (Å²) in [5.74, 6) is -0.639. The molecule has 0 aliphatic carbocycles. The molecule has 0 unspecified atom stereocenters. The van der Waals surface area contributed by atoms with Crippen LogP contribution in [0.5, 0.6) is 0 Å². The van der Waals surface area contributed by atoms with E-state index in [2.05, 4.69) is 13.8 Å². The van der Waals surface area contributed by atoms with Crippen molar-refractivity contribution in [3.63, 3.8) is 0 Å². The normalized spacial score (nSPS) is 10.9. The van der Waals surface area contributed by atoms with E-state index in [0.29, 0.717) is 12.3 Å². The Morgan fingerprint density at radius 1 is 1.19 bits per heavy atom. The van der Waals surface area contributed by atoms with E-state index >= 15 is 0 Å². The Bertz CT molecular complexity index is 234. The van der Waals surface area contributed by atoms with E-state index in [0.717, 1.165) is 12.8 Å². The molecule has 4 heteroatoms. The highest BCUT2D eigenvalue weighted by atomic mass is 16.4. The molecule has 4 nitrogen and oxygen atoms in total. The second kappa shape index (κ2) is 7.25. The van der Waals surface area contributed by atoms with Crippen molar-refractivity contribution < 1.29 is 14.7 Å². The predicted molar refractivity (Wildman–Crippen MR) is 63.2 cm³/mol. The molecule has 1 amide bonds. The fourth-order valence-corrected chi connectivity index (χ4v) is 1.65. The van der Waals surface area contributed by atoms with Crippen molar-refractivity contribution in [3.8, 4) is 0 Å². The summed E-state index contributed by atoms with van der Waals surface area (Å²) in [5, 5.41) is 8.74. The SMILES string of the molecule is CCC(CC)CC(=O)N(CC(=O)O)C(C)C. The number of aliphatic carboxylic acids is 1. The van der Waals surface area contributed by atoms with Crippen LogP contribution in [0.4, 0.5) is 0 Å². The van der Waals surface area contributed by atoms with Crippen LogP contribution >= 0.6 is 0 Å². The molecular weight excluding hydrogens is 206 g/mol. The molecule has 0 aromatic carbocycles. The topological polar surface area (TPSA) is 57.6 Å². The van der Waals surface area contributed by atoms with Crippen LogP contribution in [0.2, 0.25) is 0 Å². The second-order valence-electron chi connectivity index (χ2n) is 4.40. The van der Waals surface area contributed by atoms with E-state index in [9.17, 15) is 9.59 Å². The first-order chi connectivity index (χ1) is 7.42. The molecule has 0 atom stereocenters. The summed E-state index contributed by atoms with van der Waals surface area (Å²) < 4.78 is 0. The molecule has 16 heavy (non-hydrogen) atoms. The standard InChI is InChI=1S/C12H23NO3/c1-5-10(6-2)7-11(14)13(9(3)4)8-12(15)16/h9-10H,5-8H2,1-4H3,(H,15,16). The minimum Gasteiger partial charge on any atom is -0.480 e. The monoisotopic (exact) mass is 229 g/mol. The van der Waals surface area contributed by atoms with E-state index in [1.807, 2.05) is 13.8 Å². The van der Waals surface area contributed by atoms with E-state index in [-0.39, 0.29) is 18.5 Å². The first-order valence-electron chi connectivity index (χ1n) is 5.93. The summed E-state index contributed by atoms with van der Waals surface area (Å²) in [4.78, 5) is 24.0. The summed E-state index contributed by atoms with van der Waals surface area (Å²) in [7, 11) is 0. The number of hydrogen-bond acceptors (Lipinski definition) is 2. The molecule has 0 spiro atoms. The molecule has 0 aromatic rings. The lowest BCUT2D eigenvalue weighted by Gasteiger charge is -2.26. The van der Waals surface area contributed by atoms with Crippen LogP contribution in [0.25, 0.3) is 0 Å². The average molecular weight is 229 g/mol. The molecule has 0 aliphatic heterocycles. The Balaban J connectivity index is 4.43. The first kappa shape index (κ1) is 14.9. The van der Waals surface area contributed by atoms with Crippen LogP contribution in [0.1, 0.15) is 47.0 Å². The van der Waals surface area contributed by atoms with Gasteiger partial charge in [-0.05, 0) is 19.8 Å². The molecule has 0 saturated carbocycles. The molecule has 0 fully saturated rings. The summed E-state index contributed by atoms with van der Waals surface area (Å²) in [6.45, 7) is 7.59. The van der Waals surface area contributed by atoms with Crippen LogP contribution < -0.4 is 0 Å². The van der Waals surface area contributed by atoms with Crippen molar-refractivity contribution in [3.05, 3.63) is 0 Å². The minimum absolute atomic E-state index is 0.0499. The third-order valence-corrected chi connectivity index (χ3v) is 2.87. The Morgan fingerprint density at radius 3 is 2.00 bits per heavy atom. The molecule has 0 saturated heterocycles. The van der Waals surface area contributed by atoms with Crippen molar-refractivity contribution in [2.45, 2.75) is 53.0 Å². The van der Waals surface area contributed by atoms with Crippen LogP contribution in [0, 0.1) is 5.92 Å². The van der Waals surface area contributed by atoms with Crippen molar-refractivity contribution in [2.75, 3.05) is 6.54 Å². The number of amides is 1. The van der Waals surface area contributed by atoms with Gasteiger partial charge in [-0.2, -0.15) is 0 Å². The Morgan fingerprint density at radius 2 is 1.69 bits per heavy atom. The maximum atomic E-state index is 11.9. The lowest BCUT2D eigenvalue weighted by atomic mass is 9.98. The molecule has 0 aliphatic rings. The molecule has 1 N–H and O–H groups in total. The molecular formula is C12H23NO3. The molecule has 0 rings (SSSR count). The third-order valence-electron chi connectivity index (χ3n) is 2.87. The van der Waals surface area contributed by atoms with Gasteiger partial charge in [-0.25, -0.2) is 0 Å². The third kappa shape index (κ3) is 5.14. The first-order valence-corrected chi connectivity index (χ1v) is 5.93. The van der Waals surface area contributed by atoms with E-state index < -0.39 is 5.97 Å². The fraction of sp³-hybridized carbons (Fsp3) is 0.833. The number of carboxylic acid groups (broad SMARTS) is 1. The maximum absolute atomic E-state index is 11.9. The number of carbonyl (C=O) groups is 2. The average Bonchev–Trinajstić information content (AvgIpc) is 2.21. The number of carbonyl (C=O) groups excluding carboxylic acids is 1. The highest BCUT2D eigenvalue weighted by molar-refractivity contribution is 5.81. The largest absolute Gasteiger partial charge is 0.480 e. The van der Waals surface area contributed by atoms with E-state index in [1.165, 1.54) is 4.90 Å². The molecule has 94 valence electrons. The van der Waals surface area contributed by atoms with Gasteiger partial charge in [0.25, 0.3) is 0 Å². The number of nitrogens with zero attached hydrogens (tertiary/aromatic N) is 1. The van der Waals surface area contributed by atoms with Gasteiger partial charge < -0.3 is 10.0 Å². The zero-order valence-corrected chi connectivity index (χ0v) is 10.7. The summed E-state index contributed by atoms with van der Waals surface area (Å²) in [6.07, 6.45) is 2.38. The second-order valence-corrected chi connectivity index (χ2v) is 4.40. The van der Waals surface area contributed by atoms with Gasteiger partial charge in [0, 0.05) is 12.5 Å². The zero-order valence-electron chi connectivity index (χ0n) is 10.7. The van der Waals surface area contributed by atoms with Crippen LogP contribution in [-0.4, -0.2) is 34.5 Å². The number of hydrogen-bond donors (Lipinski definition) is 1. The molecule has 0 bridgehead atoms. The summed E-state index contributed by atoms with van der Waals surface area (Å²) in [5.41, 5.74) is 0. The lowest BCUT2D eigenvalue weighted by Crippen LogP contribution is -2.41. The minimum atomic E-state index is -0.952. The van der Waals surface area contributed by atoms with Gasteiger partial charge in [-0.1, -0.05) is 26.7 Å². The van der Waals surface area contributed by atoms with E-state index in [1.54, 1.807) is 0 Å². The lowest BCUT2D eigenvalue weighted by molar-refractivity contribution is -0.146. The van der Waals surface area contributed by atoms with Gasteiger partial charge in [0.05, 0.1) is 0 Å². The predicted octanol–water partition coefficient (Wildman–Crippen LogP) is 2.13. The van der Waals surface area contributed by atoms with Crippen molar-refractivity contribution in [1.82, 2.24) is 4.90 Å².